The standard InChI is InChI=1S/C30H32F3N7O/c1-19-4-5-22(13-28(19)40(35)18-26(34)23-12-21-6-7-36-16-27(21)37-15-23)29(41)38-25-11-20(17-39-8-2-3-9-39)10-24(14-25)30(31,32)33/h4-7,10-15,18,36H,2-3,8-9,16-17,34-35H2,1H3,(H,38,41)/b26-18-. The van der Waals surface area contributed by atoms with Crippen molar-refractivity contribution in [1.29, 1.82) is 0 Å². The predicted octanol–water partition coefficient (Wildman–Crippen LogP) is 4.97. The van der Waals surface area contributed by atoms with Gasteiger partial charge in [-0.3, -0.25) is 19.7 Å². The predicted molar refractivity (Wildman–Crippen MR) is 154 cm³/mol. The zero-order chi connectivity index (χ0) is 29.1. The van der Waals surface area contributed by atoms with Gasteiger partial charge in [0.15, 0.2) is 0 Å². The fraction of sp³-hybridized carbons (Fsp3) is 0.267. The lowest BCUT2D eigenvalue weighted by Gasteiger charge is -2.20. The Labute approximate surface area is 236 Å². The highest BCUT2D eigenvalue weighted by molar-refractivity contribution is 6.05. The number of aryl methyl sites for hydroxylation is 1. The first-order valence-corrected chi connectivity index (χ1v) is 13.3. The van der Waals surface area contributed by atoms with Crippen molar-refractivity contribution in [3.63, 3.8) is 0 Å². The molecule has 0 saturated carbocycles. The zero-order valence-corrected chi connectivity index (χ0v) is 22.6. The Kier molecular flexibility index (Phi) is 8.00. The summed E-state index contributed by atoms with van der Waals surface area (Å²) >= 11 is 0. The smallest absolute Gasteiger partial charge is 0.397 e. The van der Waals surface area contributed by atoms with Crippen LogP contribution in [0.4, 0.5) is 24.5 Å². The molecular formula is C30H32F3N7O. The summed E-state index contributed by atoms with van der Waals surface area (Å²) in [6.45, 7) is 4.54. The van der Waals surface area contributed by atoms with E-state index in [0.29, 0.717) is 35.6 Å². The van der Waals surface area contributed by atoms with Crippen molar-refractivity contribution < 1.29 is 18.0 Å². The van der Waals surface area contributed by atoms with Gasteiger partial charge in [0, 0.05) is 35.8 Å². The van der Waals surface area contributed by atoms with Gasteiger partial charge in [-0.1, -0.05) is 6.07 Å². The van der Waals surface area contributed by atoms with E-state index in [-0.39, 0.29) is 11.3 Å². The fourth-order valence-electron chi connectivity index (χ4n) is 5.01. The maximum absolute atomic E-state index is 13.6. The first-order valence-electron chi connectivity index (χ1n) is 13.3. The molecule has 3 aromatic rings. The molecule has 1 saturated heterocycles. The number of hydrogen-bond donors (Lipinski definition) is 4. The molecule has 1 fully saturated rings. The molecule has 1 aromatic heterocycles. The average Bonchev–Trinajstić information content (AvgIpc) is 3.45. The minimum atomic E-state index is -4.54. The van der Waals surface area contributed by atoms with E-state index in [9.17, 15) is 18.0 Å². The highest BCUT2D eigenvalue weighted by atomic mass is 19.4. The molecular weight excluding hydrogens is 531 g/mol. The first-order chi connectivity index (χ1) is 19.6. The van der Waals surface area contributed by atoms with Crippen LogP contribution < -0.4 is 27.2 Å². The van der Waals surface area contributed by atoms with Gasteiger partial charge in [0.05, 0.1) is 29.2 Å². The van der Waals surface area contributed by atoms with Gasteiger partial charge >= 0.3 is 6.18 Å². The van der Waals surface area contributed by atoms with Gasteiger partial charge in [-0.15, -0.1) is 0 Å². The van der Waals surface area contributed by atoms with Gasteiger partial charge < -0.3 is 16.4 Å². The number of hydrogen-bond acceptors (Lipinski definition) is 7. The third kappa shape index (κ3) is 6.69. The number of aromatic nitrogens is 1. The molecule has 11 heteroatoms. The number of nitrogens with zero attached hydrogens (tertiary/aromatic N) is 3. The van der Waals surface area contributed by atoms with Crippen LogP contribution in [0.25, 0.3) is 11.8 Å². The molecule has 0 unspecified atom stereocenters. The number of fused-ring (bicyclic) bond motifs is 1. The molecule has 0 atom stereocenters. The quantitative estimate of drug-likeness (QED) is 0.237. The lowest BCUT2D eigenvalue weighted by atomic mass is 10.1. The Morgan fingerprint density at radius 2 is 1.93 bits per heavy atom. The molecule has 1 amide bonds. The molecule has 2 aliphatic rings. The Bertz CT molecular complexity index is 1510. The maximum Gasteiger partial charge on any atom is 0.416 e. The van der Waals surface area contributed by atoms with Crippen LogP contribution in [-0.2, 0) is 19.3 Å². The summed E-state index contributed by atoms with van der Waals surface area (Å²) in [4.78, 5) is 19.7. The number of halogens is 3. The van der Waals surface area contributed by atoms with Crippen molar-refractivity contribution >= 4 is 29.1 Å². The van der Waals surface area contributed by atoms with Crippen molar-refractivity contribution in [3.8, 4) is 0 Å². The molecule has 2 aromatic carbocycles. The molecule has 0 aliphatic carbocycles. The normalized spacial score (nSPS) is 15.4. The Morgan fingerprint density at radius 3 is 2.68 bits per heavy atom. The number of amides is 1. The van der Waals surface area contributed by atoms with Crippen LogP contribution in [0, 0.1) is 6.92 Å². The largest absolute Gasteiger partial charge is 0.416 e. The summed E-state index contributed by atoms with van der Waals surface area (Å²) in [6, 6.07) is 10.5. The number of nitrogens with two attached hydrogens (primary N) is 2. The van der Waals surface area contributed by atoms with E-state index in [1.165, 1.54) is 11.2 Å². The third-order valence-electron chi connectivity index (χ3n) is 7.20. The maximum atomic E-state index is 13.6. The number of anilines is 2. The summed E-state index contributed by atoms with van der Waals surface area (Å²) < 4.78 is 40.9. The zero-order valence-electron chi connectivity index (χ0n) is 22.6. The number of nitrogens with one attached hydrogen (secondary N) is 2. The van der Waals surface area contributed by atoms with E-state index >= 15 is 0 Å². The van der Waals surface area contributed by atoms with Crippen LogP contribution in [0.1, 0.15) is 56.7 Å². The average molecular weight is 564 g/mol. The van der Waals surface area contributed by atoms with Crippen LogP contribution in [0.5, 0.6) is 0 Å². The van der Waals surface area contributed by atoms with Crippen molar-refractivity contribution in [2.24, 2.45) is 11.6 Å². The van der Waals surface area contributed by atoms with Gasteiger partial charge in [-0.2, -0.15) is 13.2 Å². The van der Waals surface area contributed by atoms with E-state index in [4.69, 9.17) is 11.6 Å². The third-order valence-corrected chi connectivity index (χ3v) is 7.20. The summed E-state index contributed by atoms with van der Waals surface area (Å²) in [5, 5.41) is 7.06. The number of rotatable bonds is 7. The summed E-state index contributed by atoms with van der Waals surface area (Å²) in [6.07, 6.45) is 4.47. The van der Waals surface area contributed by atoms with Crippen molar-refractivity contribution in [3.05, 3.63) is 100 Å². The highest BCUT2D eigenvalue weighted by Gasteiger charge is 2.31. The highest BCUT2D eigenvalue weighted by Crippen LogP contribution is 2.33. The molecule has 8 nitrogen and oxygen atoms in total. The molecule has 2 aliphatic heterocycles. The second kappa shape index (κ2) is 11.6. The summed E-state index contributed by atoms with van der Waals surface area (Å²) in [7, 11) is 0. The summed E-state index contributed by atoms with van der Waals surface area (Å²) in [5.41, 5.74) is 10.5. The van der Waals surface area contributed by atoms with Crippen molar-refractivity contribution in [1.82, 2.24) is 15.2 Å². The number of hydrazine groups is 1. The summed E-state index contributed by atoms with van der Waals surface area (Å²) in [5.74, 6) is 5.78. The van der Waals surface area contributed by atoms with Gasteiger partial charge in [-0.25, -0.2) is 5.84 Å². The molecule has 3 heterocycles. The number of carbonyl (C=O) groups excluding carboxylic acids is 1. The molecule has 6 N–H and O–H groups in total. The van der Waals surface area contributed by atoms with E-state index in [0.717, 1.165) is 54.9 Å². The number of likely N-dealkylation sites (tertiary alicyclic amines) is 1. The van der Waals surface area contributed by atoms with Gasteiger partial charge in [0.2, 0.25) is 0 Å². The molecule has 0 bridgehead atoms. The van der Waals surface area contributed by atoms with Crippen LogP contribution in [-0.4, -0.2) is 28.9 Å². The van der Waals surface area contributed by atoms with E-state index < -0.39 is 17.6 Å². The van der Waals surface area contributed by atoms with Crippen molar-refractivity contribution in [2.75, 3.05) is 23.4 Å². The first kappa shape index (κ1) is 28.2. The van der Waals surface area contributed by atoms with E-state index in [1.54, 1.807) is 30.5 Å². The SMILES string of the molecule is Cc1ccc(C(=O)Nc2cc(CN3CCCC3)cc(C(F)(F)F)c2)cc1N(N)/C=C(\N)c1cnc2c(c1)C=CNC2. The van der Waals surface area contributed by atoms with E-state index in [2.05, 4.69) is 20.5 Å². The number of benzene rings is 2. The van der Waals surface area contributed by atoms with Crippen LogP contribution >= 0.6 is 0 Å². The topological polar surface area (TPSA) is 113 Å². The fourth-order valence-corrected chi connectivity index (χ4v) is 5.01. The number of pyridine rings is 1. The Balaban J connectivity index is 1.36. The van der Waals surface area contributed by atoms with Gasteiger partial charge in [0.1, 0.15) is 0 Å². The van der Waals surface area contributed by atoms with Gasteiger partial charge in [0.25, 0.3) is 5.91 Å². The van der Waals surface area contributed by atoms with Crippen molar-refractivity contribution in [2.45, 2.75) is 39.0 Å². The number of carbonyl (C=O) groups is 1. The minimum absolute atomic E-state index is 0.0825. The monoisotopic (exact) mass is 563 g/mol. The number of alkyl halides is 3. The van der Waals surface area contributed by atoms with Crippen LogP contribution in [0.2, 0.25) is 0 Å². The van der Waals surface area contributed by atoms with Crippen LogP contribution in [0.15, 0.2) is 61.1 Å². The van der Waals surface area contributed by atoms with Crippen LogP contribution in [0.3, 0.4) is 0 Å². The molecule has 5 rings (SSSR count). The second-order valence-corrected chi connectivity index (χ2v) is 10.3. The van der Waals surface area contributed by atoms with Gasteiger partial charge in [-0.05, 0) is 98.2 Å². The molecule has 0 radical (unpaired) electrons. The molecule has 41 heavy (non-hydrogen) atoms. The minimum Gasteiger partial charge on any atom is -0.397 e. The van der Waals surface area contributed by atoms with E-state index in [1.807, 2.05) is 25.3 Å². The molecule has 214 valence electrons. The lowest BCUT2D eigenvalue weighted by Crippen LogP contribution is -2.27. The Hall–Kier alpha value is -4.35. The molecule has 0 spiro atoms. The lowest BCUT2D eigenvalue weighted by molar-refractivity contribution is -0.137. The Morgan fingerprint density at radius 1 is 1.15 bits per heavy atom. The second-order valence-electron chi connectivity index (χ2n) is 10.3.